The molecule has 0 saturated heterocycles. The van der Waals surface area contributed by atoms with E-state index in [1.807, 2.05) is 0 Å². The summed E-state index contributed by atoms with van der Waals surface area (Å²) in [5.74, 6) is -2.12. The molecule has 0 radical (unpaired) electrons. The average Bonchev–Trinajstić information content (AvgIpc) is 2.39. The fraction of sp³-hybridized carbons (Fsp3) is 0.308. The molecule has 0 aliphatic heterocycles. The van der Waals surface area contributed by atoms with Gasteiger partial charge in [0.15, 0.2) is 11.5 Å². The second-order valence-electron chi connectivity index (χ2n) is 4.39. The van der Waals surface area contributed by atoms with Crippen molar-refractivity contribution in [1.82, 2.24) is 4.98 Å². The molecule has 0 unspecified atom stereocenters. The monoisotopic (exact) mass is 318 g/mol. The lowest BCUT2D eigenvalue weighted by Gasteiger charge is -2.16. The highest BCUT2D eigenvalue weighted by molar-refractivity contribution is 5.93. The summed E-state index contributed by atoms with van der Waals surface area (Å²) >= 11 is 0. The first kappa shape index (κ1) is 15.9. The quantitative estimate of drug-likeness (QED) is 0.369. The molecule has 0 spiro atoms. The van der Waals surface area contributed by atoms with E-state index in [1.165, 1.54) is 13.8 Å². The van der Waals surface area contributed by atoms with Gasteiger partial charge in [-0.1, -0.05) is 0 Å². The molecule has 2 heterocycles. The number of pyridine rings is 2. The number of hydrogen-bond donors (Lipinski definition) is 0. The van der Waals surface area contributed by atoms with E-state index in [0.29, 0.717) is 0 Å². The second-order valence-corrected chi connectivity index (χ2v) is 4.39. The third kappa shape index (κ3) is 2.66. The maximum absolute atomic E-state index is 13.5. The Kier molecular flexibility index (Phi) is 3.90. The summed E-state index contributed by atoms with van der Waals surface area (Å²) in [5, 5.41) is 11.7. The van der Waals surface area contributed by atoms with Crippen molar-refractivity contribution >= 4 is 17.0 Å². The van der Waals surface area contributed by atoms with Crippen LogP contribution in [0.3, 0.4) is 0 Å². The fourth-order valence-corrected chi connectivity index (χ4v) is 1.92. The van der Waals surface area contributed by atoms with E-state index >= 15 is 0 Å². The Morgan fingerprint density at radius 2 is 2.05 bits per heavy atom. The third-order valence-electron chi connectivity index (χ3n) is 2.87. The average molecular weight is 318 g/mol. The molecule has 22 heavy (non-hydrogen) atoms. The van der Waals surface area contributed by atoms with Crippen LogP contribution >= 0.6 is 0 Å². The van der Waals surface area contributed by atoms with Gasteiger partial charge in [0.2, 0.25) is 5.69 Å². The molecule has 2 rings (SSSR count). The zero-order chi connectivity index (χ0) is 16.7. The zero-order valence-electron chi connectivity index (χ0n) is 11.5. The summed E-state index contributed by atoms with van der Waals surface area (Å²) in [6, 6.07) is 1.59. The van der Waals surface area contributed by atoms with Gasteiger partial charge in [-0.25, -0.2) is 13.9 Å². The molecule has 2 aromatic heterocycles. The minimum atomic E-state index is -5.10. The number of rotatable bonds is 2. The first-order valence-corrected chi connectivity index (χ1v) is 6.14. The molecule has 0 aliphatic carbocycles. The molecule has 118 valence electrons. The molecule has 0 aliphatic rings. The van der Waals surface area contributed by atoms with Crippen LogP contribution in [-0.4, -0.2) is 17.6 Å². The first-order chi connectivity index (χ1) is 10.2. The number of alkyl halides is 3. The molecule has 0 fully saturated rings. The van der Waals surface area contributed by atoms with E-state index in [0.717, 1.165) is 12.1 Å². The maximum atomic E-state index is 13.5. The van der Waals surface area contributed by atoms with Crippen molar-refractivity contribution in [3.05, 3.63) is 40.1 Å². The highest BCUT2D eigenvalue weighted by atomic mass is 19.4. The van der Waals surface area contributed by atoms with E-state index in [4.69, 9.17) is 0 Å². The molecular formula is C13H10F4N2O3. The van der Waals surface area contributed by atoms with E-state index in [2.05, 4.69) is 9.72 Å². The Labute approximate surface area is 121 Å². The standard InChI is InChI=1S/C13H10F4N2O3/c1-3-22-12(20)8-4-7-5-9(14)6(2)18-11(7)19(21)10(8)13(15,16)17/h4-5H,3H2,1-2H3. The third-order valence-corrected chi connectivity index (χ3v) is 2.87. The van der Waals surface area contributed by atoms with Crippen molar-refractivity contribution in [3.8, 4) is 0 Å². The van der Waals surface area contributed by atoms with Gasteiger partial charge in [0.1, 0.15) is 5.56 Å². The number of nitrogens with zero attached hydrogens (tertiary/aromatic N) is 2. The fourth-order valence-electron chi connectivity index (χ4n) is 1.92. The molecule has 2 aromatic rings. The SMILES string of the molecule is CCOC(=O)c1cc2cc(F)c(C)nc2[n+]([O-])c1C(F)(F)F. The lowest BCUT2D eigenvalue weighted by molar-refractivity contribution is -0.605. The van der Waals surface area contributed by atoms with Crippen LogP contribution in [-0.2, 0) is 10.9 Å². The Bertz CT molecular complexity index is 759. The minimum Gasteiger partial charge on any atom is -0.710 e. The summed E-state index contributed by atoms with van der Waals surface area (Å²) in [7, 11) is 0. The van der Waals surface area contributed by atoms with Crippen LogP contribution in [0, 0.1) is 17.9 Å². The van der Waals surface area contributed by atoms with Gasteiger partial charge < -0.3 is 9.94 Å². The molecule has 9 heteroatoms. The molecular weight excluding hydrogens is 308 g/mol. The van der Waals surface area contributed by atoms with Gasteiger partial charge in [-0.05, 0) is 24.0 Å². The molecule has 0 N–H and O–H groups in total. The van der Waals surface area contributed by atoms with Crippen LogP contribution < -0.4 is 4.73 Å². The predicted octanol–water partition coefficient (Wildman–Crippen LogP) is 2.51. The Balaban J connectivity index is 2.87. The summed E-state index contributed by atoms with van der Waals surface area (Å²) in [5.41, 5.74) is -3.58. The number of hydrogen-bond acceptors (Lipinski definition) is 4. The largest absolute Gasteiger partial charge is 0.710 e. The van der Waals surface area contributed by atoms with Gasteiger partial charge in [0.05, 0.1) is 12.0 Å². The van der Waals surface area contributed by atoms with Gasteiger partial charge in [0, 0.05) is 6.92 Å². The van der Waals surface area contributed by atoms with Gasteiger partial charge in [-0.15, -0.1) is 0 Å². The summed E-state index contributed by atoms with van der Waals surface area (Å²) in [6.45, 7) is 2.44. The minimum absolute atomic E-state index is 0.173. The molecule has 0 bridgehead atoms. The van der Waals surface area contributed by atoms with Crippen molar-refractivity contribution in [2.24, 2.45) is 0 Å². The highest BCUT2D eigenvalue weighted by Crippen LogP contribution is 2.31. The number of fused-ring (bicyclic) bond motifs is 1. The second kappa shape index (κ2) is 5.39. The van der Waals surface area contributed by atoms with Crippen LogP contribution in [0.4, 0.5) is 17.6 Å². The van der Waals surface area contributed by atoms with Crippen molar-refractivity contribution in [2.45, 2.75) is 20.0 Å². The molecule has 0 saturated carbocycles. The number of aromatic nitrogens is 2. The first-order valence-electron chi connectivity index (χ1n) is 6.14. The highest BCUT2D eigenvalue weighted by Gasteiger charge is 2.42. The number of halogens is 4. The summed E-state index contributed by atoms with van der Waals surface area (Å²) < 4.78 is 56.7. The number of carbonyl (C=O) groups is 1. The smallest absolute Gasteiger partial charge is 0.454 e. The predicted molar refractivity (Wildman–Crippen MR) is 66.4 cm³/mol. The van der Waals surface area contributed by atoms with Crippen LogP contribution in [0.5, 0.6) is 0 Å². The van der Waals surface area contributed by atoms with Gasteiger partial charge in [-0.3, -0.25) is 0 Å². The van der Waals surface area contributed by atoms with E-state index < -0.39 is 39.6 Å². The van der Waals surface area contributed by atoms with Crippen molar-refractivity contribution in [2.75, 3.05) is 6.61 Å². The lowest BCUT2D eigenvalue weighted by atomic mass is 10.1. The Morgan fingerprint density at radius 3 is 2.59 bits per heavy atom. The molecule has 0 amide bonds. The summed E-state index contributed by atoms with van der Waals surface area (Å²) in [4.78, 5) is 15.2. The Hall–Kier alpha value is -2.45. The number of esters is 1. The van der Waals surface area contributed by atoms with E-state index in [-0.39, 0.29) is 17.7 Å². The van der Waals surface area contributed by atoms with Crippen molar-refractivity contribution in [3.63, 3.8) is 0 Å². The van der Waals surface area contributed by atoms with Crippen LogP contribution in [0.25, 0.3) is 11.0 Å². The number of aryl methyl sites for hydroxylation is 1. The topological polar surface area (TPSA) is 66.1 Å². The Morgan fingerprint density at radius 1 is 1.41 bits per heavy atom. The molecule has 0 atom stereocenters. The lowest BCUT2D eigenvalue weighted by Crippen LogP contribution is -2.41. The van der Waals surface area contributed by atoms with Crippen molar-refractivity contribution in [1.29, 1.82) is 0 Å². The van der Waals surface area contributed by atoms with Gasteiger partial charge in [-0.2, -0.15) is 13.2 Å². The van der Waals surface area contributed by atoms with Crippen LogP contribution in [0.1, 0.15) is 28.7 Å². The number of ether oxygens (including phenoxy) is 1. The number of carbonyl (C=O) groups excluding carboxylic acids is 1. The van der Waals surface area contributed by atoms with Crippen molar-refractivity contribution < 1.29 is 31.8 Å². The summed E-state index contributed by atoms with van der Waals surface area (Å²) in [6.07, 6.45) is -5.10. The zero-order valence-corrected chi connectivity index (χ0v) is 11.5. The molecule has 0 aromatic carbocycles. The maximum Gasteiger partial charge on any atom is 0.454 e. The van der Waals surface area contributed by atoms with Crippen LogP contribution in [0.2, 0.25) is 0 Å². The van der Waals surface area contributed by atoms with E-state index in [9.17, 15) is 27.6 Å². The normalized spacial score (nSPS) is 11.7. The van der Waals surface area contributed by atoms with Gasteiger partial charge >= 0.3 is 17.8 Å². The molecule has 5 nitrogen and oxygen atoms in total. The van der Waals surface area contributed by atoms with Crippen LogP contribution in [0.15, 0.2) is 12.1 Å². The van der Waals surface area contributed by atoms with Gasteiger partial charge in [0.25, 0.3) is 0 Å². The van der Waals surface area contributed by atoms with E-state index in [1.54, 1.807) is 0 Å².